The van der Waals surface area contributed by atoms with Gasteiger partial charge in [-0.2, -0.15) is 0 Å². The van der Waals surface area contributed by atoms with E-state index in [2.05, 4.69) is 37.9 Å². The Hall–Kier alpha value is -1.35. The van der Waals surface area contributed by atoms with Gasteiger partial charge in [0.05, 0.1) is 7.11 Å². The van der Waals surface area contributed by atoms with Gasteiger partial charge >= 0.3 is 0 Å². The number of carbonyl (C=O) groups is 1. The largest absolute Gasteiger partial charge is 0.496 e. The van der Waals surface area contributed by atoms with Crippen LogP contribution in [0.5, 0.6) is 5.75 Å². The highest BCUT2D eigenvalue weighted by atomic mass is 16.5. The summed E-state index contributed by atoms with van der Waals surface area (Å²) in [6, 6.07) is 4.37. The van der Waals surface area contributed by atoms with E-state index < -0.39 is 0 Å². The predicted molar refractivity (Wildman–Crippen MR) is 79.0 cm³/mol. The van der Waals surface area contributed by atoms with Gasteiger partial charge in [-0.25, -0.2) is 0 Å². The molecule has 3 nitrogen and oxygen atoms in total. The number of Topliss-reactive ketones (excluding diaryl/α,β-unsaturated/α-hetero) is 1. The van der Waals surface area contributed by atoms with Crippen LogP contribution in [0.3, 0.4) is 0 Å². The van der Waals surface area contributed by atoms with E-state index in [1.807, 2.05) is 0 Å². The van der Waals surface area contributed by atoms with E-state index in [-0.39, 0.29) is 5.78 Å². The van der Waals surface area contributed by atoms with E-state index in [4.69, 9.17) is 4.74 Å². The van der Waals surface area contributed by atoms with Crippen molar-refractivity contribution in [2.24, 2.45) is 0 Å². The van der Waals surface area contributed by atoms with Gasteiger partial charge < -0.3 is 9.64 Å². The van der Waals surface area contributed by atoms with Crippen molar-refractivity contribution in [3.8, 4) is 5.75 Å². The van der Waals surface area contributed by atoms with Gasteiger partial charge in [0.1, 0.15) is 11.5 Å². The van der Waals surface area contributed by atoms with Crippen molar-refractivity contribution in [1.82, 2.24) is 4.90 Å². The maximum Gasteiger partial charge on any atom is 0.131 e. The molecular formula is C16H25NO2. The fraction of sp³-hybridized carbons (Fsp3) is 0.562. The minimum absolute atomic E-state index is 0.253. The van der Waals surface area contributed by atoms with Crippen molar-refractivity contribution in [2.45, 2.75) is 33.6 Å². The fourth-order valence-corrected chi connectivity index (χ4v) is 2.29. The van der Waals surface area contributed by atoms with Gasteiger partial charge in [-0.15, -0.1) is 0 Å². The van der Waals surface area contributed by atoms with Crippen LogP contribution in [0, 0.1) is 13.8 Å². The summed E-state index contributed by atoms with van der Waals surface area (Å²) in [4.78, 5) is 13.1. The molecule has 0 bridgehead atoms. The number of likely N-dealkylation sites (N-methyl/N-ethyl adjacent to an activating group) is 1. The molecule has 0 aliphatic rings. The SMILES string of the molecule is COc1c(C)cc(CCN(C)CCC(C)=O)cc1C. The summed E-state index contributed by atoms with van der Waals surface area (Å²) >= 11 is 0. The van der Waals surface area contributed by atoms with Crippen molar-refractivity contribution in [3.63, 3.8) is 0 Å². The Morgan fingerprint density at radius 3 is 2.26 bits per heavy atom. The highest BCUT2D eigenvalue weighted by molar-refractivity contribution is 5.75. The summed E-state index contributed by atoms with van der Waals surface area (Å²) in [5.41, 5.74) is 3.69. The Morgan fingerprint density at radius 2 is 1.79 bits per heavy atom. The van der Waals surface area contributed by atoms with E-state index in [9.17, 15) is 4.79 Å². The van der Waals surface area contributed by atoms with E-state index in [1.54, 1.807) is 14.0 Å². The number of aryl methyl sites for hydroxylation is 2. The fourth-order valence-electron chi connectivity index (χ4n) is 2.29. The average molecular weight is 263 g/mol. The van der Waals surface area contributed by atoms with Crippen LogP contribution in [0.4, 0.5) is 0 Å². The first-order valence-corrected chi connectivity index (χ1v) is 6.76. The predicted octanol–water partition coefficient (Wildman–Crippen LogP) is 2.77. The minimum atomic E-state index is 0.253. The first-order valence-electron chi connectivity index (χ1n) is 6.76. The first kappa shape index (κ1) is 15.7. The molecule has 1 rings (SSSR count). The number of rotatable bonds is 7. The molecule has 0 N–H and O–H groups in total. The zero-order valence-electron chi connectivity index (χ0n) is 12.7. The zero-order chi connectivity index (χ0) is 14.4. The summed E-state index contributed by atoms with van der Waals surface area (Å²) in [6.07, 6.45) is 1.64. The Bertz CT molecular complexity index is 417. The van der Waals surface area contributed by atoms with Crippen LogP contribution in [0.2, 0.25) is 0 Å². The molecule has 0 radical (unpaired) electrons. The lowest BCUT2D eigenvalue weighted by Gasteiger charge is -2.17. The highest BCUT2D eigenvalue weighted by Crippen LogP contribution is 2.24. The smallest absolute Gasteiger partial charge is 0.131 e. The minimum Gasteiger partial charge on any atom is -0.496 e. The van der Waals surface area contributed by atoms with Crippen molar-refractivity contribution in [3.05, 3.63) is 28.8 Å². The van der Waals surface area contributed by atoms with E-state index in [0.717, 1.165) is 25.3 Å². The van der Waals surface area contributed by atoms with Crippen molar-refractivity contribution in [2.75, 3.05) is 27.2 Å². The zero-order valence-corrected chi connectivity index (χ0v) is 12.7. The van der Waals surface area contributed by atoms with Crippen LogP contribution >= 0.6 is 0 Å². The normalized spacial score (nSPS) is 10.8. The number of benzene rings is 1. The lowest BCUT2D eigenvalue weighted by atomic mass is 10.0. The number of nitrogens with zero attached hydrogens (tertiary/aromatic N) is 1. The second-order valence-corrected chi connectivity index (χ2v) is 5.27. The summed E-state index contributed by atoms with van der Waals surface area (Å²) in [5.74, 6) is 1.23. The molecule has 19 heavy (non-hydrogen) atoms. The quantitative estimate of drug-likeness (QED) is 0.757. The van der Waals surface area contributed by atoms with Crippen LogP contribution in [-0.4, -0.2) is 37.9 Å². The maximum atomic E-state index is 10.9. The van der Waals surface area contributed by atoms with Crippen molar-refractivity contribution < 1.29 is 9.53 Å². The monoisotopic (exact) mass is 263 g/mol. The van der Waals surface area contributed by atoms with Gasteiger partial charge in [-0.05, 0) is 50.9 Å². The van der Waals surface area contributed by atoms with Crippen LogP contribution in [0.1, 0.15) is 30.0 Å². The van der Waals surface area contributed by atoms with Gasteiger partial charge in [0.25, 0.3) is 0 Å². The molecule has 0 saturated heterocycles. The third kappa shape index (κ3) is 5.03. The highest BCUT2D eigenvalue weighted by Gasteiger charge is 2.06. The number of methoxy groups -OCH3 is 1. The molecule has 1 aromatic carbocycles. The van der Waals surface area contributed by atoms with Gasteiger partial charge in [0.2, 0.25) is 0 Å². The first-order chi connectivity index (χ1) is 8.93. The maximum absolute atomic E-state index is 10.9. The number of ketones is 1. The lowest BCUT2D eigenvalue weighted by molar-refractivity contribution is -0.117. The van der Waals surface area contributed by atoms with E-state index in [1.165, 1.54) is 16.7 Å². The second kappa shape index (κ2) is 7.29. The average Bonchev–Trinajstić information content (AvgIpc) is 2.33. The van der Waals surface area contributed by atoms with Crippen LogP contribution in [0.25, 0.3) is 0 Å². The van der Waals surface area contributed by atoms with E-state index >= 15 is 0 Å². The third-order valence-electron chi connectivity index (χ3n) is 3.35. The van der Waals surface area contributed by atoms with Gasteiger partial charge in [-0.3, -0.25) is 4.79 Å². The summed E-state index contributed by atoms with van der Waals surface area (Å²) in [5, 5.41) is 0. The standard InChI is InChI=1S/C16H25NO2/c1-12-10-15(11-13(2)16(12)19-5)7-9-17(4)8-6-14(3)18/h10-11H,6-9H2,1-5H3. The molecule has 0 saturated carbocycles. The summed E-state index contributed by atoms with van der Waals surface area (Å²) in [7, 11) is 3.77. The summed E-state index contributed by atoms with van der Waals surface area (Å²) in [6.45, 7) is 7.61. The molecule has 0 amide bonds. The molecule has 0 spiro atoms. The van der Waals surface area contributed by atoms with Gasteiger partial charge in [0.15, 0.2) is 0 Å². The topological polar surface area (TPSA) is 29.5 Å². The molecule has 0 fully saturated rings. The second-order valence-electron chi connectivity index (χ2n) is 5.27. The molecule has 0 unspecified atom stereocenters. The number of ether oxygens (including phenoxy) is 1. The molecular weight excluding hydrogens is 238 g/mol. The van der Waals surface area contributed by atoms with Crippen LogP contribution in [-0.2, 0) is 11.2 Å². The van der Waals surface area contributed by atoms with Crippen LogP contribution < -0.4 is 4.74 Å². The van der Waals surface area contributed by atoms with Gasteiger partial charge in [0, 0.05) is 19.5 Å². The number of hydrogen-bond acceptors (Lipinski definition) is 3. The molecule has 3 heteroatoms. The Kier molecular flexibility index (Phi) is 6.03. The molecule has 0 aromatic heterocycles. The number of hydrogen-bond donors (Lipinski definition) is 0. The van der Waals surface area contributed by atoms with Crippen molar-refractivity contribution >= 4 is 5.78 Å². The molecule has 0 atom stereocenters. The van der Waals surface area contributed by atoms with E-state index in [0.29, 0.717) is 6.42 Å². The van der Waals surface area contributed by atoms with Crippen molar-refractivity contribution in [1.29, 1.82) is 0 Å². The molecule has 0 aliphatic heterocycles. The van der Waals surface area contributed by atoms with Crippen LogP contribution in [0.15, 0.2) is 12.1 Å². The number of carbonyl (C=O) groups excluding carboxylic acids is 1. The Morgan fingerprint density at radius 1 is 1.21 bits per heavy atom. The Balaban J connectivity index is 2.56. The molecule has 1 aromatic rings. The molecule has 106 valence electrons. The lowest BCUT2D eigenvalue weighted by Crippen LogP contribution is -2.23. The third-order valence-corrected chi connectivity index (χ3v) is 3.35. The van der Waals surface area contributed by atoms with Gasteiger partial charge in [-0.1, -0.05) is 12.1 Å². The molecule has 0 heterocycles. The summed E-state index contributed by atoms with van der Waals surface area (Å²) < 4.78 is 5.37. The Labute approximate surface area is 116 Å². The molecule has 0 aliphatic carbocycles.